The highest BCUT2D eigenvalue weighted by molar-refractivity contribution is 5.80. The molecular weight excluding hydrogens is 468 g/mol. The lowest BCUT2D eigenvalue weighted by atomic mass is 10.2. The molecule has 10 nitrogen and oxygen atoms in total. The lowest BCUT2D eigenvalue weighted by molar-refractivity contribution is 0.589. The van der Waals surface area contributed by atoms with Crippen LogP contribution in [0, 0.1) is 0 Å². The molecule has 2 aliphatic rings. The number of nitrogens with zero attached hydrogens (tertiary/aromatic N) is 5. The average Bonchev–Trinajstić information content (AvgIpc) is 3.57. The molecule has 3 N–H and O–H groups in total. The zero-order valence-corrected chi connectivity index (χ0v) is 20.4. The summed E-state index contributed by atoms with van der Waals surface area (Å²) in [7, 11) is 0. The molecule has 7 rings (SSSR count). The molecule has 0 amide bonds. The second-order valence-electron chi connectivity index (χ2n) is 9.93. The van der Waals surface area contributed by atoms with E-state index in [0.717, 1.165) is 61.4 Å². The summed E-state index contributed by atoms with van der Waals surface area (Å²) in [5, 5.41) is 3.39. The van der Waals surface area contributed by atoms with Gasteiger partial charge in [0, 0.05) is 44.5 Å². The second-order valence-corrected chi connectivity index (χ2v) is 9.93. The largest absolute Gasteiger partial charge is 0.369 e. The minimum atomic E-state index is -0.406. The molecule has 2 aromatic carbocycles. The highest BCUT2D eigenvalue weighted by atomic mass is 16.2. The van der Waals surface area contributed by atoms with E-state index < -0.39 is 5.56 Å². The van der Waals surface area contributed by atoms with Crippen LogP contribution in [0.15, 0.2) is 58.1 Å². The number of hydrogen-bond acceptors (Lipinski definition) is 6. The molecule has 0 radical (unpaired) electrons. The molecule has 3 aromatic heterocycles. The fourth-order valence-electron chi connectivity index (χ4n) is 5.34. The van der Waals surface area contributed by atoms with Crippen molar-refractivity contribution in [3.8, 4) is 0 Å². The molecule has 1 saturated carbocycles. The quantitative estimate of drug-likeness (QED) is 0.332. The van der Waals surface area contributed by atoms with Crippen molar-refractivity contribution < 1.29 is 0 Å². The molecule has 5 aromatic rings. The van der Waals surface area contributed by atoms with Crippen LogP contribution in [0.3, 0.4) is 0 Å². The van der Waals surface area contributed by atoms with Crippen molar-refractivity contribution in [3.63, 3.8) is 0 Å². The van der Waals surface area contributed by atoms with Gasteiger partial charge in [-0.15, -0.1) is 0 Å². The van der Waals surface area contributed by atoms with Gasteiger partial charge in [0.05, 0.1) is 17.5 Å². The van der Waals surface area contributed by atoms with Gasteiger partial charge in [0.1, 0.15) is 11.6 Å². The fraction of sp³-hybridized carbons (Fsp3) is 0.333. The van der Waals surface area contributed by atoms with E-state index >= 15 is 0 Å². The molecule has 1 aliphatic carbocycles. The Labute approximate surface area is 212 Å². The van der Waals surface area contributed by atoms with Gasteiger partial charge in [-0.05, 0) is 36.6 Å². The molecule has 188 valence electrons. The predicted octanol–water partition coefficient (Wildman–Crippen LogP) is 2.15. The number of nitrogens with one attached hydrogen (secondary N) is 3. The molecule has 0 atom stereocenters. The monoisotopic (exact) mass is 496 g/mol. The summed E-state index contributed by atoms with van der Waals surface area (Å²) in [5.41, 5.74) is 4.20. The molecule has 10 heteroatoms. The Balaban J connectivity index is 1.31. The van der Waals surface area contributed by atoms with Crippen molar-refractivity contribution in [1.29, 1.82) is 0 Å². The summed E-state index contributed by atoms with van der Waals surface area (Å²) in [5.74, 6) is 1.47. The standard InChI is InChI=1S/C27H28N8O2/c36-26-24-25(35(18-6-7-18)27(37)32-26)31-23(34(24)16-17-4-2-1-3-5-17)15-22-29-20-9-8-19(14-21(20)30-22)33-12-10-28-11-13-33/h1-5,8-9,14,18,28H,6-7,10-13,15-16H2,(H,29,30)(H,32,36,37). The van der Waals surface area contributed by atoms with Gasteiger partial charge in [-0.25, -0.2) is 14.8 Å². The molecular formula is C27H28N8O2. The predicted molar refractivity (Wildman–Crippen MR) is 142 cm³/mol. The average molecular weight is 497 g/mol. The zero-order chi connectivity index (χ0) is 24.9. The van der Waals surface area contributed by atoms with E-state index in [4.69, 9.17) is 9.97 Å². The van der Waals surface area contributed by atoms with Crippen molar-refractivity contribution in [2.24, 2.45) is 0 Å². The van der Waals surface area contributed by atoms with Crippen LogP contribution in [-0.2, 0) is 13.0 Å². The third-order valence-electron chi connectivity index (χ3n) is 7.33. The van der Waals surface area contributed by atoms with Gasteiger partial charge in [-0.3, -0.25) is 14.3 Å². The molecule has 1 aliphatic heterocycles. The number of benzene rings is 2. The van der Waals surface area contributed by atoms with E-state index in [9.17, 15) is 9.59 Å². The van der Waals surface area contributed by atoms with Crippen LogP contribution in [0.4, 0.5) is 5.69 Å². The number of piperazine rings is 1. The Morgan fingerprint density at radius 3 is 2.54 bits per heavy atom. The SMILES string of the molecule is O=c1[nH]c(=O)n(C2CC2)c2nc(Cc3nc4ccc(N5CCNCC5)cc4[nH]3)n(Cc3ccccc3)c12. The number of fused-ring (bicyclic) bond motifs is 2. The van der Waals surface area contributed by atoms with Crippen LogP contribution in [0.25, 0.3) is 22.2 Å². The lowest BCUT2D eigenvalue weighted by Gasteiger charge is -2.29. The van der Waals surface area contributed by atoms with Gasteiger partial charge in [0.25, 0.3) is 5.56 Å². The molecule has 0 bridgehead atoms. The first kappa shape index (κ1) is 22.1. The molecule has 2 fully saturated rings. The van der Waals surface area contributed by atoms with E-state index in [1.807, 2.05) is 34.9 Å². The lowest BCUT2D eigenvalue weighted by Crippen LogP contribution is -2.43. The Kier molecular flexibility index (Phi) is 5.21. The van der Waals surface area contributed by atoms with Crippen LogP contribution >= 0.6 is 0 Å². The van der Waals surface area contributed by atoms with Gasteiger partial charge < -0.3 is 19.8 Å². The summed E-state index contributed by atoms with van der Waals surface area (Å²) >= 11 is 0. The molecule has 0 unspecified atom stereocenters. The first-order chi connectivity index (χ1) is 18.1. The topological polar surface area (TPSA) is 117 Å². The highest BCUT2D eigenvalue weighted by Gasteiger charge is 2.30. The van der Waals surface area contributed by atoms with Gasteiger partial charge in [-0.2, -0.15) is 0 Å². The zero-order valence-electron chi connectivity index (χ0n) is 20.4. The second kappa shape index (κ2) is 8.74. The van der Waals surface area contributed by atoms with Gasteiger partial charge in [0.15, 0.2) is 11.2 Å². The summed E-state index contributed by atoms with van der Waals surface area (Å²) in [6.45, 7) is 4.40. The third-order valence-corrected chi connectivity index (χ3v) is 7.33. The molecule has 4 heterocycles. The number of rotatable bonds is 6. The first-order valence-corrected chi connectivity index (χ1v) is 12.9. The maximum Gasteiger partial charge on any atom is 0.330 e. The van der Waals surface area contributed by atoms with Crippen LogP contribution in [0.5, 0.6) is 0 Å². The van der Waals surface area contributed by atoms with Crippen molar-refractivity contribution in [3.05, 3.63) is 86.6 Å². The summed E-state index contributed by atoms with van der Waals surface area (Å²) in [6, 6.07) is 16.4. The normalized spacial score (nSPS) is 16.2. The maximum atomic E-state index is 13.0. The van der Waals surface area contributed by atoms with Crippen LogP contribution in [0.1, 0.15) is 36.1 Å². The first-order valence-electron chi connectivity index (χ1n) is 12.9. The van der Waals surface area contributed by atoms with Crippen molar-refractivity contribution in [1.82, 2.24) is 34.4 Å². The van der Waals surface area contributed by atoms with E-state index in [1.54, 1.807) is 4.57 Å². The van der Waals surface area contributed by atoms with Crippen molar-refractivity contribution in [2.75, 3.05) is 31.1 Å². The van der Waals surface area contributed by atoms with Gasteiger partial charge in [-0.1, -0.05) is 30.3 Å². The molecule has 37 heavy (non-hydrogen) atoms. The highest BCUT2D eigenvalue weighted by Crippen LogP contribution is 2.35. The Morgan fingerprint density at radius 2 is 1.76 bits per heavy atom. The van der Waals surface area contributed by atoms with Crippen LogP contribution in [0.2, 0.25) is 0 Å². The van der Waals surface area contributed by atoms with Gasteiger partial charge >= 0.3 is 5.69 Å². The van der Waals surface area contributed by atoms with Crippen molar-refractivity contribution >= 4 is 27.9 Å². The maximum absolute atomic E-state index is 13.0. The fourth-order valence-corrected chi connectivity index (χ4v) is 5.34. The summed E-state index contributed by atoms with van der Waals surface area (Å²) in [6.07, 6.45) is 2.25. The Bertz CT molecular complexity index is 1720. The molecule has 1 saturated heterocycles. The third kappa shape index (κ3) is 4.03. The molecule has 0 spiro atoms. The van der Waals surface area contributed by atoms with E-state index in [0.29, 0.717) is 30.0 Å². The van der Waals surface area contributed by atoms with Crippen LogP contribution in [-0.4, -0.2) is 55.2 Å². The number of anilines is 1. The number of imidazole rings is 2. The van der Waals surface area contributed by atoms with Crippen molar-refractivity contribution in [2.45, 2.75) is 31.8 Å². The smallest absolute Gasteiger partial charge is 0.330 e. The van der Waals surface area contributed by atoms with E-state index in [-0.39, 0.29) is 11.7 Å². The number of H-pyrrole nitrogens is 2. The van der Waals surface area contributed by atoms with E-state index in [1.165, 1.54) is 5.69 Å². The summed E-state index contributed by atoms with van der Waals surface area (Å²) < 4.78 is 3.58. The number of aromatic amines is 2. The number of hydrogen-bond donors (Lipinski definition) is 3. The van der Waals surface area contributed by atoms with E-state index in [2.05, 4.69) is 38.4 Å². The number of aromatic nitrogens is 6. The Hall–Kier alpha value is -4.18. The van der Waals surface area contributed by atoms with Crippen LogP contribution < -0.4 is 21.5 Å². The summed E-state index contributed by atoms with van der Waals surface area (Å²) in [4.78, 5) is 43.8. The van der Waals surface area contributed by atoms with Gasteiger partial charge in [0.2, 0.25) is 0 Å². The minimum absolute atomic E-state index is 0.0920. The Morgan fingerprint density at radius 1 is 0.946 bits per heavy atom. The minimum Gasteiger partial charge on any atom is -0.369 e.